The van der Waals surface area contributed by atoms with Gasteiger partial charge in [0.2, 0.25) is 0 Å². The van der Waals surface area contributed by atoms with Gasteiger partial charge in [0.1, 0.15) is 12.2 Å². The monoisotopic (exact) mass is 256 g/mol. The number of nitrogens with zero attached hydrogens (tertiary/aromatic N) is 3. The molecule has 4 heteroatoms. The fourth-order valence-corrected chi connectivity index (χ4v) is 2.95. The molecule has 4 nitrogen and oxygen atoms in total. The van der Waals surface area contributed by atoms with Crippen LogP contribution in [0.3, 0.4) is 0 Å². The molecule has 0 amide bonds. The Morgan fingerprint density at radius 2 is 2.26 bits per heavy atom. The molecular weight excluding hydrogens is 236 g/mol. The van der Waals surface area contributed by atoms with E-state index in [-0.39, 0.29) is 0 Å². The van der Waals surface area contributed by atoms with Crippen molar-refractivity contribution < 1.29 is 0 Å². The summed E-state index contributed by atoms with van der Waals surface area (Å²) in [6.07, 6.45) is 2.76. The van der Waals surface area contributed by atoms with Gasteiger partial charge in [0, 0.05) is 13.1 Å². The molecule has 100 valence electrons. The molecule has 3 rings (SSSR count). The number of hydrogen-bond acceptors (Lipinski definition) is 3. The van der Waals surface area contributed by atoms with Crippen LogP contribution in [0.1, 0.15) is 35.5 Å². The molecule has 2 aromatic rings. The smallest absolute Gasteiger partial charge is 0.140 e. The normalized spacial score (nSPS) is 21.6. The largest absolute Gasteiger partial charge is 0.303 e. The third kappa shape index (κ3) is 2.28. The highest BCUT2D eigenvalue weighted by molar-refractivity contribution is 5.38. The van der Waals surface area contributed by atoms with Crippen LogP contribution in [-0.2, 0) is 20.0 Å². The zero-order chi connectivity index (χ0) is 13.4. The summed E-state index contributed by atoms with van der Waals surface area (Å²) in [4.78, 5) is 4.26. The van der Waals surface area contributed by atoms with E-state index in [0.29, 0.717) is 12.0 Å². The maximum atomic E-state index is 4.26. The van der Waals surface area contributed by atoms with Gasteiger partial charge in [0.15, 0.2) is 0 Å². The van der Waals surface area contributed by atoms with Crippen molar-refractivity contribution >= 4 is 0 Å². The van der Waals surface area contributed by atoms with Crippen molar-refractivity contribution in [2.45, 2.75) is 32.9 Å². The minimum Gasteiger partial charge on any atom is -0.303 e. The topological polar surface area (TPSA) is 42.7 Å². The molecule has 0 radical (unpaired) electrons. The van der Waals surface area contributed by atoms with E-state index >= 15 is 0 Å². The lowest BCUT2D eigenvalue weighted by Crippen LogP contribution is -2.25. The fourth-order valence-electron chi connectivity index (χ4n) is 2.95. The summed E-state index contributed by atoms with van der Waals surface area (Å²) in [7, 11) is 1.93. The van der Waals surface area contributed by atoms with Crippen LogP contribution < -0.4 is 5.32 Å². The molecule has 1 aromatic carbocycles. The van der Waals surface area contributed by atoms with E-state index in [1.165, 1.54) is 16.7 Å². The zero-order valence-electron chi connectivity index (χ0n) is 11.7. The molecule has 0 fully saturated rings. The molecule has 0 aliphatic heterocycles. The average Bonchev–Trinajstić information content (AvgIpc) is 2.90. The predicted molar refractivity (Wildman–Crippen MR) is 74.6 cm³/mol. The predicted octanol–water partition coefficient (Wildman–Crippen LogP) is 2.15. The second-order valence-electron chi connectivity index (χ2n) is 5.54. The van der Waals surface area contributed by atoms with E-state index in [9.17, 15) is 0 Å². The van der Waals surface area contributed by atoms with Crippen LogP contribution in [0.4, 0.5) is 0 Å². The van der Waals surface area contributed by atoms with E-state index in [4.69, 9.17) is 0 Å². The van der Waals surface area contributed by atoms with E-state index < -0.39 is 0 Å². The molecule has 0 saturated carbocycles. The minimum atomic E-state index is 0.423. The van der Waals surface area contributed by atoms with Gasteiger partial charge >= 0.3 is 0 Å². The second-order valence-corrected chi connectivity index (χ2v) is 5.54. The Hall–Kier alpha value is -1.68. The van der Waals surface area contributed by atoms with Crippen molar-refractivity contribution in [3.8, 4) is 0 Å². The highest BCUT2D eigenvalue weighted by Crippen LogP contribution is 2.36. The molecule has 0 unspecified atom stereocenters. The summed E-state index contributed by atoms with van der Waals surface area (Å²) < 4.78 is 1.82. The summed E-state index contributed by atoms with van der Waals surface area (Å²) in [5.74, 6) is 1.61. The zero-order valence-corrected chi connectivity index (χ0v) is 11.7. The van der Waals surface area contributed by atoms with Crippen LogP contribution in [0.2, 0.25) is 0 Å². The van der Waals surface area contributed by atoms with E-state index in [1.807, 2.05) is 11.7 Å². The Morgan fingerprint density at radius 1 is 1.42 bits per heavy atom. The van der Waals surface area contributed by atoms with Gasteiger partial charge in [0.25, 0.3) is 0 Å². The van der Waals surface area contributed by atoms with Gasteiger partial charge in [-0.05, 0) is 30.4 Å². The molecule has 0 bridgehead atoms. The standard InChI is InChI=1S/C15H20N4/c1-10-4-5-12-7-11(2)15(13(12)6-10)16-8-14-17-9-18-19(14)3/h4-6,9,11,15-16H,7-8H2,1-3H3/t11-,15-/m0/s1. The van der Waals surface area contributed by atoms with Crippen molar-refractivity contribution in [1.29, 1.82) is 0 Å². The van der Waals surface area contributed by atoms with Crippen LogP contribution in [0, 0.1) is 12.8 Å². The lowest BCUT2D eigenvalue weighted by Gasteiger charge is -2.18. The summed E-state index contributed by atoms with van der Waals surface area (Å²) in [6.45, 7) is 5.23. The molecule has 1 aliphatic carbocycles. The summed E-state index contributed by atoms with van der Waals surface area (Å²) in [6, 6.07) is 7.21. The van der Waals surface area contributed by atoms with Crippen LogP contribution in [0.5, 0.6) is 0 Å². The molecular formula is C15H20N4. The molecule has 0 spiro atoms. The summed E-state index contributed by atoms with van der Waals surface area (Å²) in [5.41, 5.74) is 4.27. The number of hydrogen-bond donors (Lipinski definition) is 1. The maximum Gasteiger partial charge on any atom is 0.140 e. The first-order chi connectivity index (χ1) is 9.15. The molecule has 2 atom stereocenters. The highest BCUT2D eigenvalue weighted by Gasteiger charge is 2.29. The van der Waals surface area contributed by atoms with Crippen LogP contribution in [0.25, 0.3) is 0 Å². The molecule has 0 saturated heterocycles. The number of rotatable bonds is 3. The van der Waals surface area contributed by atoms with E-state index in [0.717, 1.165) is 18.8 Å². The van der Waals surface area contributed by atoms with Gasteiger partial charge < -0.3 is 5.32 Å². The third-order valence-corrected chi connectivity index (χ3v) is 4.03. The minimum absolute atomic E-state index is 0.423. The lowest BCUT2D eigenvalue weighted by molar-refractivity contribution is 0.406. The Labute approximate surface area is 113 Å². The van der Waals surface area contributed by atoms with Crippen molar-refractivity contribution in [3.63, 3.8) is 0 Å². The van der Waals surface area contributed by atoms with Gasteiger partial charge in [-0.15, -0.1) is 0 Å². The van der Waals surface area contributed by atoms with Crippen molar-refractivity contribution in [2.24, 2.45) is 13.0 Å². The summed E-state index contributed by atoms with van der Waals surface area (Å²) in [5, 5.41) is 7.74. The number of fused-ring (bicyclic) bond motifs is 1. The lowest BCUT2D eigenvalue weighted by atomic mass is 10.0. The Morgan fingerprint density at radius 3 is 3.00 bits per heavy atom. The SMILES string of the molecule is Cc1ccc2c(c1)[C@@H](NCc1ncnn1C)[C@@H](C)C2. The van der Waals surface area contributed by atoms with Crippen molar-refractivity contribution in [1.82, 2.24) is 20.1 Å². The van der Waals surface area contributed by atoms with Gasteiger partial charge in [-0.25, -0.2) is 4.98 Å². The van der Waals surface area contributed by atoms with Gasteiger partial charge in [-0.3, -0.25) is 4.68 Å². The molecule has 1 aliphatic rings. The number of aromatic nitrogens is 3. The highest BCUT2D eigenvalue weighted by atomic mass is 15.3. The molecule has 1 heterocycles. The van der Waals surface area contributed by atoms with Gasteiger partial charge in [0.05, 0.1) is 6.54 Å². The van der Waals surface area contributed by atoms with Crippen molar-refractivity contribution in [3.05, 3.63) is 47.0 Å². The quantitative estimate of drug-likeness (QED) is 0.915. The van der Waals surface area contributed by atoms with E-state index in [1.54, 1.807) is 6.33 Å². The van der Waals surface area contributed by atoms with Crippen LogP contribution in [0.15, 0.2) is 24.5 Å². The Balaban J connectivity index is 1.79. The van der Waals surface area contributed by atoms with E-state index in [2.05, 4.69) is 47.4 Å². The average molecular weight is 256 g/mol. The first-order valence-electron chi connectivity index (χ1n) is 6.81. The molecule has 1 aromatic heterocycles. The third-order valence-electron chi connectivity index (χ3n) is 4.03. The molecule has 19 heavy (non-hydrogen) atoms. The van der Waals surface area contributed by atoms with Crippen LogP contribution in [-0.4, -0.2) is 14.8 Å². The maximum absolute atomic E-state index is 4.26. The Bertz CT molecular complexity index is 588. The first kappa shape index (κ1) is 12.4. The van der Waals surface area contributed by atoms with Gasteiger partial charge in [-0.1, -0.05) is 30.7 Å². The van der Waals surface area contributed by atoms with Crippen molar-refractivity contribution in [2.75, 3.05) is 0 Å². The number of benzene rings is 1. The summed E-state index contributed by atoms with van der Waals surface area (Å²) >= 11 is 0. The van der Waals surface area contributed by atoms with Crippen LogP contribution >= 0.6 is 0 Å². The Kier molecular flexibility index (Phi) is 3.11. The number of nitrogens with one attached hydrogen (secondary N) is 1. The second kappa shape index (κ2) is 4.78. The van der Waals surface area contributed by atoms with Gasteiger partial charge in [-0.2, -0.15) is 5.10 Å². The first-order valence-corrected chi connectivity index (χ1v) is 6.81. The molecule has 1 N–H and O–H groups in total. The number of aryl methyl sites for hydroxylation is 2. The fraction of sp³-hybridized carbons (Fsp3) is 0.467.